The zero-order valence-electron chi connectivity index (χ0n) is 37.2. The molecule has 0 aliphatic carbocycles. The van der Waals surface area contributed by atoms with Gasteiger partial charge in [0.15, 0.2) is 0 Å². The van der Waals surface area contributed by atoms with Crippen molar-refractivity contribution in [1.29, 1.82) is 0 Å². The van der Waals surface area contributed by atoms with E-state index < -0.39 is 0 Å². The van der Waals surface area contributed by atoms with Crippen LogP contribution in [-0.2, 0) is 0 Å². The second kappa shape index (κ2) is 17.9. The molecule has 1 aromatic heterocycles. The molecule has 0 atom stereocenters. The van der Waals surface area contributed by atoms with E-state index in [-0.39, 0.29) is 0 Å². The normalized spacial score (nSPS) is 11.1. The van der Waals surface area contributed by atoms with Crippen molar-refractivity contribution in [2.45, 2.75) is 0 Å². The molecule has 10 aromatic rings. The molecule has 0 aliphatic heterocycles. The maximum absolute atomic E-state index is 6.18. The highest BCUT2D eigenvalue weighted by Crippen LogP contribution is 2.41. The highest BCUT2D eigenvalue weighted by atomic mass is 16.5. The SMILES string of the molecule is COc1ccc(N(c2ccc(OC)cc2)c2ccc(-c3ccc4c(c3)c3cc(-c5ccc(N(c6ccc(OC)cc6)c6ccc(OC)cc6)cc5)ccc3n4-c3ccc(N)cc3)cc2)cc1. The van der Waals surface area contributed by atoms with Crippen LogP contribution < -0.4 is 34.5 Å². The van der Waals surface area contributed by atoms with Crippen molar-refractivity contribution in [3.05, 3.63) is 206 Å². The van der Waals surface area contributed by atoms with Gasteiger partial charge in [-0.25, -0.2) is 0 Å². The third kappa shape index (κ3) is 7.97. The Balaban J connectivity index is 1.04. The third-order valence-corrected chi connectivity index (χ3v) is 12.2. The summed E-state index contributed by atoms with van der Waals surface area (Å²) in [7, 11) is 6.73. The minimum atomic E-state index is 0.728. The van der Waals surface area contributed by atoms with Crippen molar-refractivity contribution in [2.24, 2.45) is 0 Å². The fraction of sp³-hybridized carbons (Fsp3) is 0.0690. The van der Waals surface area contributed by atoms with E-state index in [9.17, 15) is 0 Å². The second-order valence-corrected chi connectivity index (χ2v) is 15.9. The van der Waals surface area contributed by atoms with Gasteiger partial charge < -0.3 is 39.0 Å². The number of methoxy groups -OCH3 is 4. The van der Waals surface area contributed by atoms with E-state index in [1.165, 1.54) is 0 Å². The molecular formula is C58H48N4O4. The summed E-state index contributed by atoms with van der Waals surface area (Å²) in [5.41, 5.74) is 20.8. The van der Waals surface area contributed by atoms with E-state index in [4.69, 9.17) is 24.7 Å². The first-order valence-electron chi connectivity index (χ1n) is 21.7. The first kappa shape index (κ1) is 41.4. The van der Waals surface area contributed by atoms with E-state index in [1.807, 2.05) is 60.7 Å². The number of nitrogen functional groups attached to an aromatic ring is 1. The van der Waals surface area contributed by atoms with Crippen molar-refractivity contribution < 1.29 is 18.9 Å². The zero-order valence-corrected chi connectivity index (χ0v) is 37.2. The van der Waals surface area contributed by atoms with Crippen molar-refractivity contribution in [3.8, 4) is 50.9 Å². The average molecular weight is 865 g/mol. The Hall–Kier alpha value is -8.62. The van der Waals surface area contributed by atoms with Gasteiger partial charge in [0.2, 0.25) is 0 Å². The van der Waals surface area contributed by atoms with Crippen molar-refractivity contribution in [2.75, 3.05) is 44.0 Å². The summed E-state index contributed by atoms with van der Waals surface area (Å²) in [6.07, 6.45) is 0. The van der Waals surface area contributed by atoms with Crippen LogP contribution in [0, 0.1) is 0 Å². The molecule has 2 N–H and O–H groups in total. The third-order valence-electron chi connectivity index (χ3n) is 12.2. The molecule has 0 unspecified atom stereocenters. The fourth-order valence-corrected chi connectivity index (χ4v) is 8.71. The Morgan fingerprint density at radius 1 is 0.318 bits per heavy atom. The standard InChI is InChI=1S/C58H48N4O4/c1-63-51-27-19-46(20-28-51)60(47-21-29-52(64-2)30-22-47)44-13-5-39(6-14-44)41-9-35-57-55(37-41)56-38-42(10-36-58(56)62(57)50-17-11-43(59)12-18-50)40-7-15-45(16-8-40)61(48-23-31-53(65-3)32-24-48)49-25-33-54(66-4)34-26-49/h5-38H,59H2,1-4H3. The first-order valence-corrected chi connectivity index (χ1v) is 21.7. The van der Waals surface area contributed by atoms with Crippen LogP contribution >= 0.6 is 0 Å². The smallest absolute Gasteiger partial charge is 0.119 e. The van der Waals surface area contributed by atoms with Gasteiger partial charge in [0.05, 0.1) is 39.5 Å². The summed E-state index contributed by atoms with van der Waals surface area (Å²) < 4.78 is 24.2. The van der Waals surface area contributed by atoms with Gasteiger partial charge in [-0.2, -0.15) is 0 Å². The van der Waals surface area contributed by atoms with E-state index >= 15 is 0 Å². The molecule has 0 amide bonds. The lowest BCUT2D eigenvalue weighted by atomic mass is 9.99. The lowest BCUT2D eigenvalue weighted by Crippen LogP contribution is -2.09. The average Bonchev–Trinajstić information content (AvgIpc) is 3.71. The molecule has 0 saturated heterocycles. The van der Waals surface area contributed by atoms with Crippen molar-refractivity contribution >= 4 is 61.6 Å². The molecule has 10 rings (SSSR count). The van der Waals surface area contributed by atoms with Crippen molar-refractivity contribution in [3.63, 3.8) is 0 Å². The first-order chi connectivity index (χ1) is 32.4. The van der Waals surface area contributed by atoms with Gasteiger partial charge in [-0.3, -0.25) is 0 Å². The minimum absolute atomic E-state index is 0.728. The van der Waals surface area contributed by atoms with Crippen LogP contribution in [0.25, 0.3) is 49.7 Å². The number of ether oxygens (including phenoxy) is 4. The van der Waals surface area contributed by atoms with Crippen LogP contribution in [0.5, 0.6) is 23.0 Å². The number of hydrogen-bond donors (Lipinski definition) is 1. The lowest BCUT2D eigenvalue weighted by molar-refractivity contribution is 0.414. The van der Waals surface area contributed by atoms with Crippen LogP contribution in [0.4, 0.5) is 39.8 Å². The molecule has 0 saturated carbocycles. The predicted molar refractivity (Wildman–Crippen MR) is 272 cm³/mol. The van der Waals surface area contributed by atoms with Gasteiger partial charge in [-0.05, 0) is 192 Å². The molecule has 9 aromatic carbocycles. The monoisotopic (exact) mass is 864 g/mol. The van der Waals surface area contributed by atoms with Gasteiger partial charge in [-0.1, -0.05) is 36.4 Å². The molecule has 0 aliphatic rings. The zero-order chi connectivity index (χ0) is 45.1. The Labute approximate surface area is 384 Å². The quantitative estimate of drug-likeness (QED) is 0.116. The number of benzene rings is 9. The van der Waals surface area contributed by atoms with Gasteiger partial charge in [0, 0.05) is 56.3 Å². The number of nitrogens with two attached hydrogens (primary N) is 1. The summed E-state index contributed by atoms with van der Waals surface area (Å²) in [6.45, 7) is 0. The Morgan fingerprint density at radius 3 is 0.879 bits per heavy atom. The van der Waals surface area contributed by atoms with Crippen molar-refractivity contribution in [1.82, 2.24) is 4.57 Å². The Kier molecular flexibility index (Phi) is 11.2. The van der Waals surface area contributed by atoms with Gasteiger partial charge >= 0.3 is 0 Å². The number of hydrogen-bond acceptors (Lipinski definition) is 7. The van der Waals surface area contributed by atoms with E-state index in [0.29, 0.717) is 0 Å². The largest absolute Gasteiger partial charge is 0.497 e. The number of fused-ring (bicyclic) bond motifs is 3. The van der Waals surface area contributed by atoms with Crippen LogP contribution in [0.1, 0.15) is 0 Å². The number of aromatic nitrogens is 1. The second-order valence-electron chi connectivity index (χ2n) is 15.9. The van der Waals surface area contributed by atoms with E-state index in [0.717, 1.165) is 113 Å². The van der Waals surface area contributed by atoms with Crippen LogP contribution in [0.15, 0.2) is 206 Å². The van der Waals surface area contributed by atoms with Crippen LogP contribution in [0.3, 0.4) is 0 Å². The molecule has 1 heterocycles. The maximum Gasteiger partial charge on any atom is 0.119 e. The van der Waals surface area contributed by atoms with E-state index in [2.05, 4.69) is 160 Å². The summed E-state index contributed by atoms with van der Waals surface area (Å²) in [5.74, 6) is 3.22. The molecule has 66 heavy (non-hydrogen) atoms. The summed E-state index contributed by atoms with van der Waals surface area (Å²) in [4.78, 5) is 4.46. The Morgan fingerprint density at radius 2 is 0.591 bits per heavy atom. The van der Waals surface area contributed by atoms with Crippen LogP contribution in [0.2, 0.25) is 0 Å². The molecule has 0 spiro atoms. The maximum atomic E-state index is 6.18. The lowest BCUT2D eigenvalue weighted by Gasteiger charge is -2.26. The summed E-state index contributed by atoms with van der Waals surface area (Å²) in [6, 6.07) is 71.6. The molecule has 0 bridgehead atoms. The van der Waals surface area contributed by atoms with Gasteiger partial charge in [0.25, 0.3) is 0 Å². The molecule has 8 heteroatoms. The minimum Gasteiger partial charge on any atom is -0.497 e. The number of rotatable bonds is 13. The molecule has 8 nitrogen and oxygen atoms in total. The molecule has 0 fully saturated rings. The fourth-order valence-electron chi connectivity index (χ4n) is 8.71. The highest BCUT2D eigenvalue weighted by molar-refractivity contribution is 6.11. The van der Waals surface area contributed by atoms with Gasteiger partial charge in [0.1, 0.15) is 23.0 Å². The van der Waals surface area contributed by atoms with Gasteiger partial charge in [-0.15, -0.1) is 0 Å². The summed E-state index contributed by atoms with van der Waals surface area (Å²) >= 11 is 0. The van der Waals surface area contributed by atoms with E-state index in [1.54, 1.807) is 28.4 Å². The molecule has 0 radical (unpaired) electrons. The topological polar surface area (TPSA) is 74.4 Å². The highest BCUT2D eigenvalue weighted by Gasteiger charge is 2.18. The molecular weight excluding hydrogens is 817 g/mol. The van der Waals surface area contributed by atoms with Crippen LogP contribution in [-0.4, -0.2) is 33.0 Å². The molecule has 324 valence electrons. The number of nitrogens with zero attached hydrogens (tertiary/aromatic N) is 3. The predicted octanol–water partition coefficient (Wildman–Crippen LogP) is 14.7. The number of anilines is 7. The summed E-state index contributed by atoms with van der Waals surface area (Å²) in [5, 5.41) is 2.32. The Bertz CT molecular complexity index is 2960.